The van der Waals surface area contributed by atoms with Crippen molar-refractivity contribution in [1.82, 2.24) is 30.0 Å². The van der Waals surface area contributed by atoms with Crippen molar-refractivity contribution in [2.45, 2.75) is 13.1 Å². The van der Waals surface area contributed by atoms with Crippen LogP contribution in [0.25, 0.3) is 23.0 Å². The molecule has 3 aromatic rings. The molecule has 2 N–H and O–H groups in total. The number of nitrogens with two attached hydrogens (primary N) is 1. The van der Waals surface area contributed by atoms with Crippen LogP contribution in [0.2, 0.25) is 0 Å². The van der Waals surface area contributed by atoms with Crippen LogP contribution in [-0.2, 0) is 17.9 Å². The molecule has 2 aromatic heterocycles. The average Bonchev–Trinajstić information content (AvgIpc) is 3.24. The van der Waals surface area contributed by atoms with E-state index in [0.29, 0.717) is 18.1 Å². The summed E-state index contributed by atoms with van der Waals surface area (Å²) in [6.45, 7) is 0.577. The number of halogens is 1. The fourth-order valence-corrected chi connectivity index (χ4v) is 1.99. The molecule has 0 fully saturated rings. The third-order valence-electron chi connectivity index (χ3n) is 3.43. The Morgan fingerprint density at radius 1 is 1.28 bits per heavy atom. The van der Waals surface area contributed by atoms with Gasteiger partial charge in [0, 0.05) is 26.2 Å². The predicted octanol–water partition coefficient (Wildman–Crippen LogP) is 0.964. The van der Waals surface area contributed by atoms with Gasteiger partial charge in [0.25, 0.3) is 5.89 Å². The van der Waals surface area contributed by atoms with Crippen LogP contribution in [0.1, 0.15) is 5.56 Å². The van der Waals surface area contributed by atoms with Crippen LogP contribution in [0.5, 0.6) is 0 Å². The molecule has 0 radical (unpaired) electrons. The first-order chi connectivity index (χ1) is 11.6. The van der Waals surface area contributed by atoms with Gasteiger partial charge >= 0.3 is 0 Å². The fraction of sp³-hybridized carbons (Fsp3) is 0.267. The van der Waals surface area contributed by atoms with E-state index in [1.807, 2.05) is 24.3 Å². The highest BCUT2D eigenvalue weighted by Crippen LogP contribution is 2.20. The smallest absolute Gasteiger partial charge is 0.280 e. The summed E-state index contributed by atoms with van der Waals surface area (Å²) in [5.74, 6) is 0.613. The Kier molecular flexibility index (Phi) is 5.84. The van der Waals surface area contributed by atoms with Crippen molar-refractivity contribution in [3.8, 4) is 23.0 Å². The van der Waals surface area contributed by atoms with Crippen LogP contribution in [0.15, 0.2) is 35.0 Å². The highest BCUT2D eigenvalue weighted by Gasteiger charge is 2.15. The zero-order valence-corrected chi connectivity index (χ0v) is 14.6. The number of hydrogen-bond acceptors (Lipinski definition) is 7. The first-order valence-electron chi connectivity index (χ1n) is 7.30. The van der Waals surface area contributed by atoms with E-state index in [4.69, 9.17) is 10.3 Å². The summed E-state index contributed by atoms with van der Waals surface area (Å²) in [5, 5.41) is 11.8. The molecule has 0 unspecified atom stereocenters. The Morgan fingerprint density at radius 2 is 2.00 bits per heavy atom. The molecule has 0 aliphatic carbocycles. The number of benzene rings is 1. The molecule has 0 bridgehead atoms. The summed E-state index contributed by atoms with van der Waals surface area (Å²) in [5.41, 5.74) is 7.84. The molecule has 3 rings (SSSR count). The Balaban J connectivity index is 0.00000225. The summed E-state index contributed by atoms with van der Waals surface area (Å²) in [4.78, 5) is 17.5. The molecule has 0 saturated heterocycles. The lowest BCUT2D eigenvalue weighted by Gasteiger charge is -2.08. The number of carbonyl (C=O) groups is 1. The SMILES string of the molecule is CN(C)C(=O)Cn1cc(-c2nc(-c3ccc(CN)cc3)no2)nn1.Cl. The van der Waals surface area contributed by atoms with E-state index in [1.165, 1.54) is 9.58 Å². The van der Waals surface area contributed by atoms with E-state index in [-0.39, 0.29) is 30.7 Å². The molecule has 2 heterocycles. The van der Waals surface area contributed by atoms with Crippen LogP contribution in [0.3, 0.4) is 0 Å². The standard InChI is InChI=1S/C15H17N7O2.ClH/c1-21(2)13(23)9-22-8-12(18-20-22)15-17-14(19-24-15)11-5-3-10(7-16)4-6-11;/h3-6,8H,7,9,16H2,1-2H3;1H. The van der Waals surface area contributed by atoms with Crippen LogP contribution in [0.4, 0.5) is 0 Å². The zero-order valence-electron chi connectivity index (χ0n) is 13.8. The van der Waals surface area contributed by atoms with Gasteiger partial charge in [0.15, 0.2) is 5.69 Å². The molecule has 25 heavy (non-hydrogen) atoms. The minimum atomic E-state index is -0.0855. The molecule has 1 aromatic carbocycles. The Labute approximate surface area is 150 Å². The van der Waals surface area contributed by atoms with Gasteiger partial charge in [-0.05, 0) is 5.56 Å². The maximum Gasteiger partial charge on any atom is 0.280 e. The van der Waals surface area contributed by atoms with Gasteiger partial charge in [-0.1, -0.05) is 34.6 Å². The summed E-state index contributed by atoms with van der Waals surface area (Å²) >= 11 is 0. The molecule has 0 saturated carbocycles. The summed E-state index contributed by atoms with van der Waals surface area (Å²) in [7, 11) is 3.36. The predicted molar refractivity (Wildman–Crippen MR) is 92.6 cm³/mol. The Bertz CT molecular complexity index is 842. The van der Waals surface area contributed by atoms with Crippen LogP contribution in [0, 0.1) is 0 Å². The summed E-state index contributed by atoms with van der Waals surface area (Å²) in [6.07, 6.45) is 1.59. The first-order valence-corrected chi connectivity index (χ1v) is 7.30. The van der Waals surface area contributed by atoms with Gasteiger partial charge in [-0.15, -0.1) is 17.5 Å². The number of nitrogens with zero attached hydrogens (tertiary/aromatic N) is 6. The molecular weight excluding hydrogens is 346 g/mol. The fourth-order valence-electron chi connectivity index (χ4n) is 1.99. The Morgan fingerprint density at radius 3 is 2.64 bits per heavy atom. The maximum atomic E-state index is 11.7. The Hall–Kier alpha value is -2.78. The molecule has 0 aliphatic heterocycles. The van der Waals surface area contributed by atoms with Crippen LogP contribution in [-0.4, -0.2) is 50.0 Å². The lowest BCUT2D eigenvalue weighted by atomic mass is 10.1. The number of carbonyl (C=O) groups excluding carboxylic acids is 1. The number of aromatic nitrogens is 5. The molecule has 9 nitrogen and oxygen atoms in total. The van der Waals surface area contributed by atoms with Gasteiger partial charge in [0.1, 0.15) is 6.54 Å². The van der Waals surface area contributed by atoms with E-state index in [9.17, 15) is 4.79 Å². The topological polar surface area (TPSA) is 116 Å². The number of likely N-dealkylation sites (N-methyl/N-ethyl adjacent to an activating group) is 1. The van der Waals surface area contributed by atoms with Gasteiger partial charge < -0.3 is 15.2 Å². The largest absolute Gasteiger partial charge is 0.347 e. The number of amides is 1. The second-order valence-corrected chi connectivity index (χ2v) is 5.41. The molecule has 0 atom stereocenters. The highest BCUT2D eigenvalue weighted by atomic mass is 35.5. The minimum absolute atomic E-state index is 0. The molecule has 0 aliphatic rings. The normalized spacial score (nSPS) is 10.4. The van der Waals surface area contributed by atoms with Crippen molar-refractivity contribution in [2.75, 3.05) is 14.1 Å². The molecule has 10 heteroatoms. The van der Waals surface area contributed by atoms with Crippen molar-refractivity contribution >= 4 is 18.3 Å². The van der Waals surface area contributed by atoms with Crippen LogP contribution >= 0.6 is 12.4 Å². The molecular formula is C15H18ClN7O2. The summed E-state index contributed by atoms with van der Waals surface area (Å²) in [6, 6.07) is 7.58. The molecule has 0 spiro atoms. The van der Waals surface area contributed by atoms with E-state index >= 15 is 0 Å². The van der Waals surface area contributed by atoms with Crippen molar-refractivity contribution < 1.29 is 9.32 Å². The monoisotopic (exact) mass is 363 g/mol. The van der Waals surface area contributed by atoms with Gasteiger partial charge in [-0.2, -0.15) is 4.98 Å². The third-order valence-corrected chi connectivity index (χ3v) is 3.43. The van der Waals surface area contributed by atoms with Crippen molar-refractivity contribution in [1.29, 1.82) is 0 Å². The van der Waals surface area contributed by atoms with E-state index < -0.39 is 0 Å². The van der Waals surface area contributed by atoms with Crippen molar-refractivity contribution in [3.05, 3.63) is 36.0 Å². The average molecular weight is 364 g/mol. The maximum absolute atomic E-state index is 11.7. The van der Waals surface area contributed by atoms with Crippen molar-refractivity contribution in [2.24, 2.45) is 5.73 Å². The highest BCUT2D eigenvalue weighted by molar-refractivity contribution is 5.85. The van der Waals surface area contributed by atoms with Gasteiger partial charge in [0.2, 0.25) is 11.7 Å². The van der Waals surface area contributed by atoms with Gasteiger partial charge in [-0.3, -0.25) is 4.79 Å². The second kappa shape index (κ2) is 7.86. The lowest BCUT2D eigenvalue weighted by molar-refractivity contribution is -0.129. The molecule has 1 amide bonds. The van der Waals surface area contributed by atoms with Gasteiger partial charge in [-0.25, -0.2) is 4.68 Å². The lowest BCUT2D eigenvalue weighted by Crippen LogP contribution is -2.26. The zero-order chi connectivity index (χ0) is 17.1. The van der Waals surface area contributed by atoms with Gasteiger partial charge in [0.05, 0.1) is 6.20 Å². The first kappa shape index (κ1) is 18.6. The number of hydrogen-bond donors (Lipinski definition) is 1. The van der Waals surface area contributed by atoms with E-state index in [2.05, 4.69) is 20.5 Å². The van der Waals surface area contributed by atoms with Crippen molar-refractivity contribution in [3.63, 3.8) is 0 Å². The minimum Gasteiger partial charge on any atom is -0.347 e. The summed E-state index contributed by atoms with van der Waals surface area (Å²) < 4.78 is 6.66. The number of rotatable bonds is 5. The quantitative estimate of drug-likeness (QED) is 0.717. The third kappa shape index (κ3) is 4.20. The second-order valence-electron chi connectivity index (χ2n) is 5.41. The van der Waals surface area contributed by atoms with E-state index in [1.54, 1.807) is 20.3 Å². The molecule has 132 valence electrons. The van der Waals surface area contributed by atoms with E-state index in [0.717, 1.165) is 11.1 Å². The van der Waals surface area contributed by atoms with Crippen LogP contribution < -0.4 is 5.73 Å².